The molecule has 0 spiro atoms. The van der Waals surface area contributed by atoms with Crippen LogP contribution in [0.25, 0.3) is 0 Å². The van der Waals surface area contributed by atoms with Gasteiger partial charge >= 0.3 is 0 Å². The number of benzene rings is 1. The SMILES string of the molecule is CCCC(O)=C1C(=O)CC(c2cc([N+](=O)[O-])ccc2F)CC1=O. The molecule has 6 nitrogen and oxygen atoms in total. The molecule has 0 aromatic heterocycles. The minimum absolute atomic E-state index is 0.0186. The molecular formula is C16H16FNO5. The van der Waals surface area contributed by atoms with Gasteiger partial charge in [-0.15, -0.1) is 0 Å². The van der Waals surface area contributed by atoms with E-state index in [1.54, 1.807) is 6.92 Å². The molecule has 1 aromatic rings. The molecule has 1 aliphatic carbocycles. The summed E-state index contributed by atoms with van der Waals surface area (Å²) in [4.78, 5) is 34.4. The summed E-state index contributed by atoms with van der Waals surface area (Å²) in [5.41, 5.74) is -0.527. The van der Waals surface area contributed by atoms with Crippen molar-refractivity contribution in [2.24, 2.45) is 0 Å². The lowest BCUT2D eigenvalue weighted by molar-refractivity contribution is -0.385. The minimum atomic E-state index is -0.756. The number of allylic oxidation sites excluding steroid dienone is 2. The normalized spacial score (nSPS) is 18.2. The van der Waals surface area contributed by atoms with E-state index in [0.29, 0.717) is 6.42 Å². The molecule has 1 fully saturated rings. The molecule has 2 rings (SSSR count). The first-order chi connectivity index (χ1) is 10.8. The maximum atomic E-state index is 13.9. The fourth-order valence-corrected chi connectivity index (χ4v) is 2.74. The van der Waals surface area contributed by atoms with Crippen molar-refractivity contribution in [2.75, 3.05) is 0 Å². The molecule has 1 aliphatic rings. The van der Waals surface area contributed by atoms with Crippen LogP contribution in [0.3, 0.4) is 0 Å². The van der Waals surface area contributed by atoms with Gasteiger partial charge in [0.2, 0.25) is 0 Å². The maximum Gasteiger partial charge on any atom is 0.269 e. The first-order valence-electron chi connectivity index (χ1n) is 7.27. The van der Waals surface area contributed by atoms with Gasteiger partial charge in [-0.2, -0.15) is 0 Å². The van der Waals surface area contributed by atoms with Crippen molar-refractivity contribution in [1.29, 1.82) is 0 Å². The highest BCUT2D eigenvalue weighted by atomic mass is 19.1. The number of halogens is 1. The molecule has 7 heteroatoms. The van der Waals surface area contributed by atoms with E-state index >= 15 is 0 Å². The van der Waals surface area contributed by atoms with Crippen LogP contribution < -0.4 is 0 Å². The molecule has 0 bridgehead atoms. The predicted molar refractivity (Wildman–Crippen MR) is 79.6 cm³/mol. The maximum absolute atomic E-state index is 13.9. The van der Waals surface area contributed by atoms with Crippen LogP contribution in [0, 0.1) is 15.9 Å². The number of aliphatic hydroxyl groups is 1. The summed E-state index contributed by atoms with van der Waals surface area (Å²) in [6.45, 7) is 1.80. The molecule has 0 heterocycles. The average Bonchev–Trinajstić information content (AvgIpc) is 2.46. The topological polar surface area (TPSA) is 97.5 Å². The van der Waals surface area contributed by atoms with Crippen molar-refractivity contribution in [3.05, 3.63) is 51.0 Å². The third-order valence-electron chi connectivity index (χ3n) is 3.83. The number of Topliss-reactive ketones (excluding diaryl/α,β-unsaturated/α-hetero) is 2. The molecule has 122 valence electrons. The van der Waals surface area contributed by atoms with Gasteiger partial charge in [0.15, 0.2) is 11.6 Å². The van der Waals surface area contributed by atoms with Crippen LogP contribution >= 0.6 is 0 Å². The first-order valence-corrected chi connectivity index (χ1v) is 7.27. The van der Waals surface area contributed by atoms with Crippen molar-refractivity contribution in [1.82, 2.24) is 0 Å². The molecule has 0 saturated heterocycles. The number of aliphatic hydroxyl groups excluding tert-OH is 1. The van der Waals surface area contributed by atoms with Gasteiger partial charge in [0.25, 0.3) is 5.69 Å². The summed E-state index contributed by atoms with van der Waals surface area (Å²) < 4.78 is 13.9. The third kappa shape index (κ3) is 3.44. The zero-order valence-corrected chi connectivity index (χ0v) is 12.5. The van der Waals surface area contributed by atoms with Crippen LogP contribution in [0.15, 0.2) is 29.5 Å². The van der Waals surface area contributed by atoms with Gasteiger partial charge < -0.3 is 5.11 Å². The lowest BCUT2D eigenvalue weighted by Gasteiger charge is -2.23. The number of hydrogen-bond acceptors (Lipinski definition) is 5. The van der Waals surface area contributed by atoms with Crippen LogP contribution in [0.5, 0.6) is 0 Å². The molecule has 1 saturated carbocycles. The van der Waals surface area contributed by atoms with Gasteiger partial charge in [0.05, 0.1) is 10.5 Å². The Kier molecular flexibility index (Phi) is 4.88. The highest BCUT2D eigenvalue weighted by Gasteiger charge is 2.35. The Morgan fingerprint density at radius 2 is 1.96 bits per heavy atom. The Morgan fingerprint density at radius 1 is 1.35 bits per heavy atom. The summed E-state index contributed by atoms with van der Waals surface area (Å²) in [6, 6.07) is 3.05. The fraction of sp³-hybridized carbons (Fsp3) is 0.375. The third-order valence-corrected chi connectivity index (χ3v) is 3.83. The summed E-state index contributed by atoms with van der Waals surface area (Å²) >= 11 is 0. The summed E-state index contributed by atoms with van der Waals surface area (Å²) in [5, 5.41) is 20.6. The van der Waals surface area contributed by atoms with Gasteiger partial charge in [-0.05, 0) is 18.1 Å². The van der Waals surface area contributed by atoms with E-state index in [0.717, 1.165) is 18.2 Å². The summed E-state index contributed by atoms with van der Waals surface area (Å²) in [5.74, 6) is -2.79. The monoisotopic (exact) mass is 321 g/mol. The fourth-order valence-electron chi connectivity index (χ4n) is 2.74. The molecule has 0 unspecified atom stereocenters. The van der Waals surface area contributed by atoms with Crippen molar-refractivity contribution >= 4 is 17.3 Å². The van der Waals surface area contributed by atoms with Crippen LogP contribution in [0.4, 0.5) is 10.1 Å². The van der Waals surface area contributed by atoms with E-state index in [9.17, 15) is 29.2 Å². The largest absolute Gasteiger partial charge is 0.511 e. The molecule has 23 heavy (non-hydrogen) atoms. The number of nitrogens with zero attached hydrogens (tertiary/aromatic N) is 1. The Morgan fingerprint density at radius 3 is 2.48 bits per heavy atom. The van der Waals surface area contributed by atoms with Crippen molar-refractivity contribution in [3.8, 4) is 0 Å². The van der Waals surface area contributed by atoms with Gasteiger partial charge in [-0.25, -0.2) is 4.39 Å². The van der Waals surface area contributed by atoms with Crippen LogP contribution in [-0.2, 0) is 9.59 Å². The number of non-ortho nitro benzene ring substituents is 1. The number of nitro benzene ring substituents is 1. The Balaban J connectivity index is 2.34. The zero-order valence-electron chi connectivity index (χ0n) is 12.5. The van der Waals surface area contributed by atoms with Crippen molar-refractivity contribution in [2.45, 2.75) is 38.5 Å². The molecule has 0 amide bonds. The number of rotatable bonds is 4. The Bertz CT molecular complexity index is 690. The second-order valence-electron chi connectivity index (χ2n) is 5.49. The smallest absolute Gasteiger partial charge is 0.269 e. The lowest BCUT2D eigenvalue weighted by atomic mass is 9.79. The first kappa shape index (κ1) is 16.8. The molecule has 1 N–H and O–H groups in total. The van der Waals surface area contributed by atoms with Crippen molar-refractivity contribution < 1.29 is 24.0 Å². The average molecular weight is 321 g/mol. The molecule has 0 radical (unpaired) electrons. The highest BCUT2D eigenvalue weighted by molar-refractivity contribution is 6.22. The van der Waals surface area contributed by atoms with Crippen LogP contribution in [-0.4, -0.2) is 21.6 Å². The quantitative estimate of drug-likeness (QED) is 0.301. The lowest BCUT2D eigenvalue weighted by Crippen LogP contribution is -2.26. The molecule has 1 aromatic carbocycles. The Hall–Kier alpha value is -2.57. The van der Waals surface area contributed by atoms with E-state index in [-0.39, 0.29) is 41.8 Å². The highest BCUT2D eigenvalue weighted by Crippen LogP contribution is 2.35. The molecule has 0 atom stereocenters. The Labute approximate surface area is 131 Å². The molecular weight excluding hydrogens is 305 g/mol. The second-order valence-corrected chi connectivity index (χ2v) is 5.49. The van der Waals surface area contributed by atoms with Crippen molar-refractivity contribution in [3.63, 3.8) is 0 Å². The van der Waals surface area contributed by atoms with Gasteiger partial charge in [-0.3, -0.25) is 19.7 Å². The minimum Gasteiger partial charge on any atom is -0.511 e. The van der Waals surface area contributed by atoms with Gasteiger partial charge in [-0.1, -0.05) is 6.92 Å². The second kappa shape index (κ2) is 6.68. The van der Waals surface area contributed by atoms with E-state index in [4.69, 9.17) is 0 Å². The van der Waals surface area contributed by atoms with E-state index < -0.39 is 28.2 Å². The molecule has 0 aliphatic heterocycles. The number of carbonyl (C=O) groups excluding carboxylic acids is 2. The standard InChI is InChI=1S/C16H16FNO5/c1-2-3-13(19)16-14(20)6-9(7-15(16)21)11-8-10(18(22)23)4-5-12(11)17/h4-5,8-9,19H,2-3,6-7H2,1H3. The number of hydrogen-bond donors (Lipinski definition) is 1. The van der Waals surface area contributed by atoms with Gasteiger partial charge in [0, 0.05) is 37.3 Å². The number of nitro groups is 1. The van der Waals surface area contributed by atoms with Crippen LogP contribution in [0.2, 0.25) is 0 Å². The van der Waals surface area contributed by atoms with E-state index in [1.165, 1.54) is 0 Å². The number of carbonyl (C=O) groups is 2. The summed E-state index contributed by atoms with van der Waals surface area (Å²) in [7, 11) is 0. The number of ketones is 2. The van der Waals surface area contributed by atoms with E-state index in [1.807, 2.05) is 0 Å². The van der Waals surface area contributed by atoms with E-state index in [2.05, 4.69) is 0 Å². The predicted octanol–water partition coefficient (Wildman–Crippen LogP) is 3.36. The van der Waals surface area contributed by atoms with Gasteiger partial charge in [0.1, 0.15) is 11.6 Å². The van der Waals surface area contributed by atoms with Crippen LogP contribution in [0.1, 0.15) is 44.1 Å². The zero-order chi connectivity index (χ0) is 17.1. The summed E-state index contributed by atoms with van der Waals surface area (Å²) in [6.07, 6.45) is 0.487.